The van der Waals surface area contributed by atoms with E-state index < -0.39 is 11.2 Å². The second kappa shape index (κ2) is 5.34. The topological polar surface area (TPSA) is 93.9 Å². The molecule has 3 N–H and O–H groups in total. The summed E-state index contributed by atoms with van der Waals surface area (Å²) in [5, 5.41) is 9.53. The van der Waals surface area contributed by atoms with Crippen molar-refractivity contribution in [2.75, 3.05) is 18.0 Å². The van der Waals surface area contributed by atoms with Crippen LogP contribution in [0.1, 0.15) is 26.7 Å². The van der Waals surface area contributed by atoms with E-state index in [1.54, 1.807) is 0 Å². The molecular formula is C11H19N5O2. The van der Waals surface area contributed by atoms with E-state index in [-0.39, 0.29) is 11.9 Å². The standard InChI is InChI=1S/C11H19N5O2/c1-7(2)16(6-8-4-3-5-12-8)9-10(17)13-11(18)15-14-9/h7-8,12H,3-6H2,1-2H3,(H2,13,15,17,18). The molecule has 18 heavy (non-hydrogen) atoms. The normalized spacial score (nSPS) is 19.4. The lowest BCUT2D eigenvalue weighted by molar-refractivity contribution is 0.544. The number of H-pyrrole nitrogens is 2. The highest BCUT2D eigenvalue weighted by Gasteiger charge is 2.22. The fourth-order valence-corrected chi connectivity index (χ4v) is 2.23. The van der Waals surface area contributed by atoms with Crippen LogP contribution in [-0.4, -0.2) is 40.4 Å². The van der Waals surface area contributed by atoms with Gasteiger partial charge in [-0.2, -0.15) is 0 Å². The molecule has 2 rings (SSSR count). The predicted octanol–water partition coefficient (Wildman–Crippen LogP) is -0.575. The molecular weight excluding hydrogens is 234 g/mol. The highest BCUT2D eigenvalue weighted by molar-refractivity contribution is 5.35. The number of nitrogens with one attached hydrogen (secondary N) is 3. The smallest absolute Gasteiger partial charge is 0.342 e. The van der Waals surface area contributed by atoms with Crippen molar-refractivity contribution in [2.45, 2.75) is 38.8 Å². The fraction of sp³-hybridized carbons (Fsp3) is 0.727. The minimum Gasteiger partial charge on any atom is -0.347 e. The van der Waals surface area contributed by atoms with Gasteiger partial charge in [-0.15, -0.1) is 5.10 Å². The summed E-state index contributed by atoms with van der Waals surface area (Å²) in [5.74, 6) is 0.276. The van der Waals surface area contributed by atoms with Crippen LogP contribution in [0, 0.1) is 0 Å². The second-order valence-corrected chi connectivity index (χ2v) is 4.87. The summed E-state index contributed by atoms with van der Waals surface area (Å²) in [7, 11) is 0. The SMILES string of the molecule is CC(C)N(CC1CCCN1)c1n[nH]c(=O)[nH]c1=O. The summed E-state index contributed by atoms with van der Waals surface area (Å²) in [6.07, 6.45) is 2.26. The summed E-state index contributed by atoms with van der Waals surface area (Å²) in [4.78, 5) is 26.9. The van der Waals surface area contributed by atoms with Gasteiger partial charge in [-0.05, 0) is 33.2 Å². The van der Waals surface area contributed by atoms with Crippen molar-refractivity contribution in [1.29, 1.82) is 0 Å². The molecule has 1 fully saturated rings. The maximum absolute atomic E-state index is 11.8. The lowest BCUT2D eigenvalue weighted by Crippen LogP contribution is -2.45. The molecule has 1 atom stereocenters. The van der Waals surface area contributed by atoms with E-state index in [9.17, 15) is 9.59 Å². The summed E-state index contributed by atoms with van der Waals surface area (Å²) in [6, 6.07) is 0.521. The van der Waals surface area contributed by atoms with Crippen molar-refractivity contribution in [3.8, 4) is 0 Å². The Morgan fingerprint density at radius 2 is 2.22 bits per heavy atom. The first-order chi connectivity index (χ1) is 8.58. The first-order valence-electron chi connectivity index (χ1n) is 6.27. The van der Waals surface area contributed by atoms with Crippen LogP contribution in [0.3, 0.4) is 0 Å². The van der Waals surface area contributed by atoms with Crippen molar-refractivity contribution in [3.63, 3.8) is 0 Å². The van der Waals surface area contributed by atoms with E-state index in [0.29, 0.717) is 6.04 Å². The van der Waals surface area contributed by atoms with Crippen molar-refractivity contribution in [1.82, 2.24) is 20.5 Å². The number of anilines is 1. The largest absolute Gasteiger partial charge is 0.347 e. The van der Waals surface area contributed by atoms with Gasteiger partial charge in [0.05, 0.1) is 0 Å². The number of rotatable bonds is 4. The van der Waals surface area contributed by atoms with E-state index in [1.165, 1.54) is 0 Å². The first-order valence-corrected chi connectivity index (χ1v) is 6.27. The van der Waals surface area contributed by atoms with Crippen LogP contribution < -0.4 is 21.5 Å². The summed E-state index contributed by atoms with van der Waals surface area (Å²) in [5.41, 5.74) is -1.02. The number of nitrogens with zero attached hydrogens (tertiary/aromatic N) is 2. The third kappa shape index (κ3) is 2.79. The third-order valence-corrected chi connectivity index (χ3v) is 3.17. The van der Waals surface area contributed by atoms with Crippen molar-refractivity contribution >= 4 is 5.82 Å². The van der Waals surface area contributed by atoms with Crippen LogP contribution in [0.25, 0.3) is 0 Å². The van der Waals surface area contributed by atoms with Crippen LogP contribution in [0.4, 0.5) is 5.82 Å². The van der Waals surface area contributed by atoms with E-state index in [2.05, 4.69) is 20.5 Å². The van der Waals surface area contributed by atoms with Gasteiger partial charge >= 0.3 is 5.69 Å². The molecule has 2 heterocycles. The summed E-state index contributed by atoms with van der Waals surface area (Å²) in [6.45, 7) is 5.74. The molecule has 0 aliphatic carbocycles. The third-order valence-electron chi connectivity index (χ3n) is 3.17. The van der Waals surface area contributed by atoms with Crippen LogP contribution in [0.15, 0.2) is 9.59 Å². The zero-order valence-corrected chi connectivity index (χ0v) is 10.7. The van der Waals surface area contributed by atoms with Gasteiger partial charge < -0.3 is 10.2 Å². The molecule has 0 aromatic carbocycles. The fourth-order valence-electron chi connectivity index (χ4n) is 2.23. The molecule has 1 saturated heterocycles. The zero-order chi connectivity index (χ0) is 13.1. The van der Waals surface area contributed by atoms with E-state index >= 15 is 0 Å². The molecule has 0 spiro atoms. The van der Waals surface area contributed by atoms with E-state index in [0.717, 1.165) is 25.9 Å². The molecule has 0 saturated carbocycles. The van der Waals surface area contributed by atoms with Gasteiger partial charge in [0.15, 0.2) is 0 Å². The van der Waals surface area contributed by atoms with Gasteiger partial charge in [0, 0.05) is 18.6 Å². The minimum absolute atomic E-state index is 0.145. The first kappa shape index (κ1) is 12.8. The van der Waals surface area contributed by atoms with Crippen LogP contribution in [-0.2, 0) is 0 Å². The van der Waals surface area contributed by atoms with Gasteiger partial charge in [0.25, 0.3) is 5.56 Å². The van der Waals surface area contributed by atoms with Crippen LogP contribution in [0.2, 0.25) is 0 Å². The average molecular weight is 253 g/mol. The maximum Gasteiger partial charge on any atom is 0.342 e. The maximum atomic E-state index is 11.8. The minimum atomic E-state index is -0.577. The Bertz CT molecular complexity index is 501. The summed E-state index contributed by atoms with van der Waals surface area (Å²) >= 11 is 0. The number of aromatic nitrogens is 3. The molecule has 0 amide bonds. The van der Waals surface area contributed by atoms with E-state index in [4.69, 9.17) is 0 Å². The monoisotopic (exact) mass is 253 g/mol. The lowest BCUT2D eigenvalue weighted by Gasteiger charge is -2.29. The van der Waals surface area contributed by atoms with E-state index in [1.807, 2.05) is 18.7 Å². The van der Waals surface area contributed by atoms with Gasteiger partial charge in [0.1, 0.15) is 0 Å². The number of aromatic amines is 2. The van der Waals surface area contributed by atoms with Crippen LogP contribution in [0.5, 0.6) is 0 Å². The molecule has 0 bridgehead atoms. The Labute approximate surface area is 105 Å². The Kier molecular flexibility index (Phi) is 3.81. The van der Waals surface area contributed by atoms with Gasteiger partial charge in [-0.3, -0.25) is 9.78 Å². The van der Waals surface area contributed by atoms with Crippen molar-refractivity contribution in [2.24, 2.45) is 0 Å². The van der Waals surface area contributed by atoms with Crippen molar-refractivity contribution < 1.29 is 0 Å². The van der Waals surface area contributed by atoms with Crippen LogP contribution >= 0.6 is 0 Å². The Balaban J connectivity index is 2.23. The lowest BCUT2D eigenvalue weighted by atomic mass is 10.2. The molecule has 1 aliphatic rings. The van der Waals surface area contributed by atoms with Gasteiger partial charge in [0.2, 0.25) is 5.82 Å². The second-order valence-electron chi connectivity index (χ2n) is 4.87. The molecule has 1 aromatic heterocycles. The predicted molar refractivity (Wildman–Crippen MR) is 69.0 cm³/mol. The molecule has 7 heteroatoms. The summed E-state index contributed by atoms with van der Waals surface area (Å²) < 4.78 is 0. The van der Waals surface area contributed by atoms with Gasteiger partial charge in [-0.1, -0.05) is 0 Å². The molecule has 7 nitrogen and oxygen atoms in total. The number of hydrogen-bond donors (Lipinski definition) is 3. The van der Waals surface area contributed by atoms with Gasteiger partial charge in [-0.25, -0.2) is 9.89 Å². The highest BCUT2D eigenvalue weighted by Crippen LogP contribution is 2.12. The quantitative estimate of drug-likeness (QED) is 0.668. The highest BCUT2D eigenvalue weighted by atomic mass is 16.2. The molecule has 1 aromatic rings. The Hall–Kier alpha value is -1.63. The zero-order valence-electron chi connectivity index (χ0n) is 10.7. The molecule has 1 unspecified atom stereocenters. The Morgan fingerprint density at radius 3 is 2.78 bits per heavy atom. The van der Waals surface area contributed by atoms with Crippen molar-refractivity contribution in [3.05, 3.63) is 20.8 Å². The molecule has 1 aliphatic heterocycles. The molecule has 0 radical (unpaired) electrons. The molecule has 100 valence electrons. The number of hydrogen-bond acceptors (Lipinski definition) is 5. The average Bonchev–Trinajstić information content (AvgIpc) is 2.79. The Morgan fingerprint density at radius 1 is 1.44 bits per heavy atom.